The van der Waals surface area contributed by atoms with Crippen molar-refractivity contribution >= 4 is 32.8 Å². The number of aromatic amines is 1. The van der Waals surface area contributed by atoms with Crippen molar-refractivity contribution in [2.45, 2.75) is 0 Å². The zero-order valence-electron chi connectivity index (χ0n) is 14.8. The molecule has 3 aromatic carbocycles. The molecule has 0 aliphatic carbocycles. The fraction of sp³-hybridized carbons (Fsp3) is 0. The highest BCUT2D eigenvalue weighted by Gasteiger charge is 2.11. The van der Waals surface area contributed by atoms with Gasteiger partial charge < -0.3 is 9.40 Å². The Balaban J connectivity index is 0.000000369. The van der Waals surface area contributed by atoms with Crippen molar-refractivity contribution in [1.82, 2.24) is 9.97 Å². The number of benzene rings is 3. The third-order valence-electron chi connectivity index (χ3n) is 4.32. The number of nitrogens with zero attached hydrogens (tertiary/aromatic N) is 1. The number of H-pyrrole nitrogens is 1. The highest BCUT2D eigenvalue weighted by molar-refractivity contribution is 6.06. The van der Waals surface area contributed by atoms with Crippen LogP contribution in [-0.4, -0.2) is 14.6 Å². The number of imidazole rings is 1. The summed E-state index contributed by atoms with van der Waals surface area (Å²) in [5.74, 6) is 0.653. The highest BCUT2D eigenvalue weighted by Crippen LogP contribution is 2.27. The molecule has 0 atom stereocenters. The van der Waals surface area contributed by atoms with E-state index in [1.165, 1.54) is 0 Å². The van der Waals surface area contributed by atoms with Crippen LogP contribution in [0.15, 0.2) is 71.1 Å². The molecule has 0 amide bonds. The van der Waals surface area contributed by atoms with Gasteiger partial charge in [0.15, 0.2) is 0 Å². The van der Waals surface area contributed by atoms with Crippen molar-refractivity contribution in [2.75, 3.05) is 0 Å². The first-order chi connectivity index (χ1) is 13.8. The topological polar surface area (TPSA) is 155 Å². The van der Waals surface area contributed by atoms with E-state index in [1.54, 1.807) is 0 Å². The number of hydrogen-bond acceptors (Lipinski definition) is 7. The monoisotopic (exact) mass is 411 g/mol. The molecule has 0 aliphatic heterocycles. The summed E-state index contributed by atoms with van der Waals surface area (Å²) in [6.07, 6.45) is 0. The number of rotatable bonds is 1. The zero-order chi connectivity index (χ0) is 20.6. The molecule has 0 saturated heterocycles. The average molecular weight is 412 g/mol. The van der Waals surface area contributed by atoms with E-state index in [-0.39, 0.29) is 5.55 Å². The van der Waals surface area contributed by atoms with Crippen molar-refractivity contribution in [3.8, 4) is 11.4 Å². The van der Waals surface area contributed by atoms with Crippen LogP contribution in [0.25, 0.3) is 44.2 Å². The molecule has 0 fully saturated rings. The van der Waals surface area contributed by atoms with E-state index >= 15 is 0 Å². The predicted molar refractivity (Wildman–Crippen MR) is 96.9 cm³/mol. The second-order valence-electron chi connectivity index (χ2n) is 6.19. The Morgan fingerprint density at radius 1 is 0.931 bits per heavy atom. The maximum Gasteiger partial charge on any atom is 0.223 e. The highest BCUT2D eigenvalue weighted by atomic mass is 35.7. The fourth-order valence-electron chi connectivity index (χ4n) is 3.14. The first-order valence-electron chi connectivity index (χ1n) is 8.38. The van der Waals surface area contributed by atoms with Crippen LogP contribution < -0.4 is 19.5 Å². The largest absolute Gasteiger partial charge is 0.438 e. The maximum atomic E-state index is 8.60. The van der Waals surface area contributed by atoms with Crippen LogP contribution in [0.1, 0.15) is 0 Å². The molecule has 0 unspecified atom stereocenters. The Bertz CT molecular complexity index is 1350. The van der Waals surface area contributed by atoms with Gasteiger partial charge in [0.05, 0.1) is 31.5 Å². The van der Waals surface area contributed by atoms with Gasteiger partial charge in [0, 0.05) is 5.39 Å². The summed E-state index contributed by atoms with van der Waals surface area (Å²) < 4.78 is 38.5. The lowest BCUT2D eigenvalue weighted by Gasteiger charge is -2.05. The van der Waals surface area contributed by atoms with Gasteiger partial charge in [-0.3, -0.25) is 5.41 Å². The summed E-state index contributed by atoms with van der Waals surface area (Å²) in [5, 5.41) is 11.5. The second kappa shape index (κ2) is 7.28. The number of aromatic nitrogens is 2. The molecule has 2 aromatic heterocycles. The fourth-order valence-corrected chi connectivity index (χ4v) is 3.14. The van der Waals surface area contributed by atoms with Crippen molar-refractivity contribution in [3.63, 3.8) is 0 Å². The molecular weight excluding hydrogens is 398 g/mol. The van der Waals surface area contributed by atoms with Crippen molar-refractivity contribution in [1.29, 1.82) is 5.41 Å². The third kappa shape index (κ3) is 4.11. The van der Waals surface area contributed by atoms with Crippen LogP contribution in [-0.2, 0) is 0 Å². The Kier molecular flexibility index (Phi) is 4.79. The first kappa shape index (κ1) is 19.1. The van der Waals surface area contributed by atoms with Crippen LogP contribution >= 0.6 is 0 Å². The van der Waals surface area contributed by atoms with E-state index in [2.05, 4.69) is 22.1 Å². The predicted octanol–water partition coefficient (Wildman–Crippen LogP) is 0.485. The molecule has 0 spiro atoms. The Labute approximate surface area is 165 Å². The van der Waals surface area contributed by atoms with Crippen LogP contribution in [0.3, 0.4) is 0 Å². The number of hydrogen-bond donors (Lipinski definition) is 3. The molecule has 146 valence electrons. The SMILES string of the molecule is N=c1oc2ccc3ccccc3c2cc1-c1nc2ccccc2[nH]1.[O-][Cl+3]([O-])([O-])O. The van der Waals surface area contributed by atoms with E-state index in [0.29, 0.717) is 17.0 Å². The first-order valence-corrected chi connectivity index (χ1v) is 9.64. The molecule has 5 rings (SSSR count). The van der Waals surface area contributed by atoms with Gasteiger partial charge in [-0.1, -0.05) is 42.5 Å². The second-order valence-corrected chi connectivity index (χ2v) is 6.98. The normalized spacial score (nSPS) is 11.6. The van der Waals surface area contributed by atoms with Gasteiger partial charge in [-0.2, -0.15) is 14.0 Å². The lowest BCUT2D eigenvalue weighted by molar-refractivity contribution is -1.92. The average Bonchev–Trinajstić information content (AvgIpc) is 3.10. The van der Waals surface area contributed by atoms with E-state index in [0.717, 1.165) is 27.2 Å². The Morgan fingerprint density at radius 2 is 1.62 bits per heavy atom. The Hall–Kier alpha value is -3.27. The molecule has 2 heterocycles. The minimum atomic E-state index is -4.69. The maximum absolute atomic E-state index is 8.60. The minimum Gasteiger partial charge on any atom is -0.438 e. The smallest absolute Gasteiger partial charge is 0.223 e. The summed E-state index contributed by atoms with van der Waals surface area (Å²) in [6.45, 7) is 0. The van der Waals surface area contributed by atoms with Gasteiger partial charge in [0.2, 0.25) is 5.55 Å². The van der Waals surface area contributed by atoms with Crippen LogP contribution in [0.4, 0.5) is 0 Å². The summed E-state index contributed by atoms with van der Waals surface area (Å²) in [7, 11) is -4.69. The number of fused-ring (bicyclic) bond motifs is 4. The molecule has 29 heavy (non-hydrogen) atoms. The Morgan fingerprint density at radius 3 is 2.38 bits per heavy atom. The molecule has 0 aliphatic rings. The molecule has 0 bridgehead atoms. The van der Waals surface area contributed by atoms with Crippen molar-refractivity contribution < 1.29 is 33.3 Å². The van der Waals surface area contributed by atoms with Gasteiger partial charge in [-0.05, 0) is 35.0 Å². The van der Waals surface area contributed by atoms with E-state index < -0.39 is 10.2 Å². The summed E-state index contributed by atoms with van der Waals surface area (Å²) in [4.78, 5) is 7.87. The van der Waals surface area contributed by atoms with E-state index in [1.807, 2.05) is 54.6 Å². The minimum absolute atomic E-state index is 0.108. The lowest BCUT2D eigenvalue weighted by atomic mass is 10.0. The molecule has 9 heteroatoms. The lowest BCUT2D eigenvalue weighted by Crippen LogP contribution is -2.58. The van der Waals surface area contributed by atoms with Gasteiger partial charge in [0.25, 0.3) is 0 Å². The third-order valence-corrected chi connectivity index (χ3v) is 4.32. The molecular formula is C20H14ClN3O5. The quantitative estimate of drug-likeness (QED) is 0.341. The molecule has 5 aromatic rings. The van der Waals surface area contributed by atoms with Crippen LogP contribution in [0.5, 0.6) is 0 Å². The van der Waals surface area contributed by atoms with Crippen LogP contribution in [0, 0.1) is 15.7 Å². The van der Waals surface area contributed by atoms with Crippen LogP contribution in [0.2, 0.25) is 0 Å². The number of halogens is 1. The van der Waals surface area contributed by atoms with E-state index in [9.17, 15) is 0 Å². The van der Waals surface area contributed by atoms with Gasteiger partial charge in [0.1, 0.15) is 11.4 Å². The van der Waals surface area contributed by atoms with Gasteiger partial charge in [-0.25, -0.2) is 4.98 Å². The van der Waals surface area contributed by atoms with Crippen molar-refractivity contribution in [3.05, 3.63) is 72.3 Å². The molecule has 3 N–H and O–H groups in total. The summed E-state index contributed by atoms with van der Waals surface area (Å²) >= 11 is 0. The van der Waals surface area contributed by atoms with Gasteiger partial charge in [-0.15, -0.1) is 0 Å². The zero-order valence-corrected chi connectivity index (χ0v) is 15.5. The molecule has 8 nitrogen and oxygen atoms in total. The number of nitrogens with one attached hydrogen (secondary N) is 2. The van der Waals surface area contributed by atoms with E-state index in [4.69, 9.17) is 28.5 Å². The molecule has 0 saturated carbocycles. The summed E-state index contributed by atoms with van der Waals surface area (Å²) in [6, 6.07) is 21.9. The standard InChI is InChI=1S/C20H13N3O.ClHO4/c21-19-15(20-22-16-7-3-4-8-17(16)23-20)11-14-13-6-2-1-5-12(13)9-10-18(14)24-19;2-1(3,4)5/h1-11,21H,(H,22,23);(H,2,3,4,5). The molecule has 0 radical (unpaired) electrons. The number of para-hydroxylation sites is 2. The van der Waals surface area contributed by atoms with Gasteiger partial charge >= 0.3 is 0 Å². The summed E-state index contributed by atoms with van der Waals surface area (Å²) in [5.41, 5.74) is 3.31. The van der Waals surface area contributed by atoms with Crippen molar-refractivity contribution in [2.24, 2.45) is 0 Å².